The Morgan fingerprint density at radius 2 is 1.81 bits per heavy atom. The van der Waals surface area contributed by atoms with Gasteiger partial charge in [0.05, 0.1) is 11.9 Å². The fraction of sp³-hybridized carbons (Fsp3) is 0.520. The molecule has 0 spiro atoms. The second kappa shape index (κ2) is 8.71. The monoisotopic (exact) mass is 431 g/mol. The van der Waals surface area contributed by atoms with E-state index in [-0.39, 0.29) is 0 Å². The van der Waals surface area contributed by atoms with Crippen molar-refractivity contribution < 1.29 is 0 Å². The first-order chi connectivity index (χ1) is 15.8. The highest BCUT2D eigenvalue weighted by Gasteiger charge is 2.33. The minimum Gasteiger partial charge on any atom is -0.382 e. The van der Waals surface area contributed by atoms with Crippen LogP contribution in [0.4, 0.5) is 11.5 Å². The van der Waals surface area contributed by atoms with E-state index < -0.39 is 0 Å². The van der Waals surface area contributed by atoms with E-state index in [0.717, 1.165) is 50.6 Å². The summed E-state index contributed by atoms with van der Waals surface area (Å²) in [5, 5.41) is 11.8. The highest BCUT2D eigenvalue weighted by molar-refractivity contribution is 5.59. The Bertz CT molecular complexity index is 1050. The molecule has 0 atom stereocenters. The summed E-state index contributed by atoms with van der Waals surface area (Å²) < 4.78 is 2.07. The van der Waals surface area contributed by atoms with Crippen LogP contribution in [0.1, 0.15) is 24.1 Å². The van der Waals surface area contributed by atoms with E-state index in [9.17, 15) is 0 Å². The van der Waals surface area contributed by atoms with Gasteiger partial charge in [0.15, 0.2) is 5.65 Å². The number of aromatic nitrogens is 3. The summed E-state index contributed by atoms with van der Waals surface area (Å²) in [7, 11) is 0. The Morgan fingerprint density at radius 3 is 2.66 bits per heavy atom. The number of rotatable bonds is 5. The third kappa shape index (κ3) is 3.95. The number of fused-ring (bicyclic) bond motifs is 2. The van der Waals surface area contributed by atoms with Gasteiger partial charge in [0.25, 0.3) is 0 Å². The average Bonchev–Trinajstić information content (AvgIpc) is 3.13. The predicted molar refractivity (Wildman–Crippen MR) is 128 cm³/mol. The molecule has 0 bridgehead atoms. The van der Waals surface area contributed by atoms with Crippen LogP contribution in [0.5, 0.6) is 0 Å². The molecule has 0 unspecified atom stereocenters. The molecule has 3 aromatic rings. The first-order valence-electron chi connectivity index (χ1n) is 12.2. The van der Waals surface area contributed by atoms with Crippen LogP contribution < -0.4 is 15.5 Å². The van der Waals surface area contributed by atoms with Gasteiger partial charge in [0, 0.05) is 75.0 Å². The maximum atomic E-state index is 4.91. The molecule has 168 valence electrons. The Morgan fingerprint density at radius 1 is 1.00 bits per heavy atom. The normalized spacial score (nSPS) is 20.7. The van der Waals surface area contributed by atoms with Crippen LogP contribution in [-0.2, 0) is 12.8 Å². The first-order valence-corrected chi connectivity index (χ1v) is 12.2. The number of hydrogen-bond donors (Lipinski definition) is 2. The summed E-state index contributed by atoms with van der Waals surface area (Å²) in [4.78, 5) is 10.1. The van der Waals surface area contributed by atoms with Gasteiger partial charge in [0.1, 0.15) is 5.82 Å². The van der Waals surface area contributed by atoms with Crippen LogP contribution in [0, 0.1) is 5.92 Å². The quantitative estimate of drug-likeness (QED) is 0.647. The lowest BCUT2D eigenvalue weighted by molar-refractivity contribution is 0.173. The van der Waals surface area contributed by atoms with Gasteiger partial charge < -0.3 is 20.4 Å². The number of anilines is 2. The van der Waals surface area contributed by atoms with Crippen molar-refractivity contribution in [1.82, 2.24) is 24.8 Å². The van der Waals surface area contributed by atoms with Crippen molar-refractivity contribution >= 4 is 17.2 Å². The smallest absolute Gasteiger partial charge is 0.157 e. The van der Waals surface area contributed by atoms with Gasteiger partial charge in [-0.05, 0) is 37.9 Å². The molecule has 7 heteroatoms. The standard InChI is InChI=1S/C25H33N7/c1-2-4-20(5-3-1)28-21-9-14-30(15-10-21)16-19-17-31(18-19)25-22-6-11-26-12-7-23(22)29-24-8-13-27-32(24)25/h1-5,8,13,19,21,26,28H,6-7,9-12,14-18H2. The maximum Gasteiger partial charge on any atom is 0.157 e. The molecule has 32 heavy (non-hydrogen) atoms. The zero-order valence-corrected chi connectivity index (χ0v) is 18.7. The molecule has 2 fully saturated rings. The molecule has 3 aliphatic heterocycles. The second-order valence-electron chi connectivity index (χ2n) is 9.57. The summed E-state index contributed by atoms with van der Waals surface area (Å²) in [5.41, 5.74) is 4.89. The van der Waals surface area contributed by atoms with Crippen LogP contribution in [0.2, 0.25) is 0 Å². The molecule has 3 aliphatic rings. The van der Waals surface area contributed by atoms with Crippen LogP contribution in [-0.4, -0.2) is 71.4 Å². The average molecular weight is 432 g/mol. The molecule has 7 nitrogen and oxygen atoms in total. The molecular weight excluding hydrogens is 398 g/mol. The topological polar surface area (TPSA) is 60.7 Å². The lowest BCUT2D eigenvalue weighted by Gasteiger charge is -2.45. The second-order valence-corrected chi connectivity index (χ2v) is 9.57. The highest BCUT2D eigenvalue weighted by Crippen LogP contribution is 2.32. The number of benzene rings is 1. The van der Waals surface area contributed by atoms with Crippen molar-refractivity contribution in [3.05, 3.63) is 53.9 Å². The Labute approximate surface area is 189 Å². The van der Waals surface area contributed by atoms with Crippen molar-refractivity contribution in [2.45, 2.75) is 31.7 Å². The van der Waals surface area contributed by atoms with Gasteiger partial charge in [-0.15, -0.1) is 0 Å². The molecule has 2 aromatic heterocycles. The Balaban J connectivity index is 1.06. The van der Waals surface area contributed by atoms with Gasteiger partial charge in [-0.3, -0.25) is 0 Å². The van der Waals surface area contributed by atoms with Crippen LogP contribution in [0.15, 0.2) is 42.6 Å². The van der Waals surface area contributed by atoms with Crippen molar-refractivity contribution in [2.24, 2.45) is 5.92 Å². The van der Waals surface area contributed by atoms with Crippen molar-refractivity contribution in [2.75, 3.05) is 56.0 Å². The SMILES string of the molecule is c1ccc(NC2CCN(CC3CN(c4c5c(nc6ccnn46)CCNCC5)C3)CC2)cc1. The number of nitrogens with zero attached hydrogens (tertiary/aromatic N) is 5. The number of likely N-dealkylation sites (tertiary alicyclic amines) is 1. The lowest BCUT2D eigenvalue weighted by Crippen LogP contribution is -2.54. The Hall–Kier alpha value is -2.64. The van der Waals surface area contributed by atoms with Gasteiger partial charge >= 0.3 is 0 Å². The molecule has 2 saturated heterocycles. The number of para-hydroxylation sites is 1. The van der Waals surface area contributed by atoms with Crippen molar-refractivity contribution in [3.63, 3.8) is 0 Å². The van der Waals surface area contributed by atoms with Gasteiger partial charge in [-0.25, -0.2) is 4.98 Å². The minimum absolute atomic E-state index is 0.598. The van der Waals surface area contributed by atoms with E-state index in [2.05, 4.69) is 60.4 Å². The number of piperidine rings is 1. The molecule has 1 aromatic carbocycles. The van der Waals surface area contributed by atoms with E-state index in [0.29, 0.717) is 6.04 Å². The van der Waals surface area contributed by atoms with Crippen molar-refractivity contribution in [1.29, 1.82) is 0 Å². The first kappa shape index (κ1) is 20.0. The summed E-state index contributed by atoms with van der Waals surface area (Å²) in [5.74, 6) is 2.03. The third-order valence-electron chi connectivity index (χ3n) is 7.29. The summed E-state index contributed by atoms with van der Waals surface area (Å²) in [6.45, 7) is 7.90. The largest absolute Gasteiger partial charge is 0.382 e. The van der Waals surface area contributed by atoms with E-state index >= 15 is 0 Å². The summed E-state index contributed by atoms with van der Waals surface area (Å²) >= 11 is 0. The zero-order chi connectivity index (χ0) is 21.3. The number of hydrogen-bond acceptors (Lipinski definition) is 6. The highest BCUT2D eigenvalue weighted by atomic mass is 15.4. The predicted octanol–water partition coefficient (Wildman–Crippen LogP) is 2.43. The zero-order valence-electron chi connectivity index (χ0n) is 18.7. The van der Waals surface area contributed by atoms with Crippen LogP contribution >= 0.6 is 0 Å². The van der Waals surface area contributed by atoms with E-state index in [1.807, 2.05) is 12.3 Å². The molecule has 2 N–H and O–H groups in total. The maximum absolute atomic E-state index is 4.91. The fourth-order valence-electron chi connectivity index (χ4n) is 5.59. The molecule has 6 rings (SSSR count). The van der Waals surface area contributed by atoms with E-state index in [4.69, 9.17) is 4.98 Å². The molecule has 0 amide bonds. The van der Waals surface area contributed by atoms with Gasteiger partial charge in [-0.1, -0.05) is 18.2 Å². The Kier molecular flexibility index (Phi) is 5.45. The summed E-state index contributed by atoms with van der Waals surface area (Å²) in [6, 6.07) is 13.3. The van der Waals surface area contributed by atoms with Crippen molar-refractivity contribution in [3.8, 4) is 0 Å². The fourth-order valence-corrected chi connectivity index (χ4v) is 5.59. The molecule has 5 heterocycles. The van der Waals surface area contributed by atoms with Crippen LogP contribution in [0.25, 0.3) is 5.65 Å². The molecule has 0 radical (unpaired) electrons. The minimum atomic E-state index is 0.598. The molecule has 0 saturated carbocycles. The third-order valence-corrected chi connectivity index (χ3v) is 7.29. The van der Waals surface area contributed by atoms with Gasteiger partial charge in [0.2, 0.25) is 0 Å². The van der Waals surface area contributed by atoms with Crippen LogP contribution in [0.3, 0.4) is 0 Å². The summed E-state index contributed by atoms with van der Waals surface area (Å²) in [6.07, 6.45) is 6.38. The van der Waals surface area contributed by atoms with E-state index in [1.165, 1.54) is 55.2 Å². The van der Waals surface area contributed by atoms with E-state index in [1.54, 1.807) is 0 Å². The lowest BCUT2D eigenvalue weighted by atomic mass is 9.96. The van der Waals surface area contributed by atoms with Gasteiger partial charge in [-0.2, -0.15) is 9.61 Å². The molecule has 0 aliphatic carbocycles. The molecular formula is C25H33N7. The number of nitrogens with one attached hydrogen (secondary N) is 2.